The number of benzene rings is 1. The summed E-state index contributed by atoms with van der Waals surface area (Å²) >= 11 is 0. The molecule has 3 aromatic heterocycles. The SMILES string of the molecule is N#Cc1cc(-n2ccc(=O)c(-c3ccnn3-c3cccc(F)c3)n2)ccn1. The van der Waals surface area contributed by atoms with Gasteiger partial charge in [-0.3, -0.25) is 4.79 Å². The van der Waals surface area contributed by atoms with Crippen LogP contribution in [0.1, 0.15) is 5.69 Å². The molecule has 0 fully saturated rings. The summed E-state index contributed by atoms with van der Waals surface area (Å²) in [5.41, 5.74) is 1.56. The number of pyridine rings is 1. The summed E-state index contributed by atoms with van der Waals surface area (Å²) in [4.78, 5) is 16.3. The van der Waals surface area contributed by atoms with E-state index in [9.17, 15) is 9.18 Å². The van der Waals surface area contributed by atoms with E-state index in [1.807, 2.05) is 6.07 Å². The predicted molar refractivity (Wildman–Crippen MR) is 94.9 cm³/mol. The van der Waals surface area contributed by atoms with Crippen molar-refractivity contribution in [3.8, 4) is 28.8 Å². The molecule has 1 aromatic carbocycles. The largest absolute Gasteiger partial charge is 0.287 e. The van der Waals surface area contributed by atoms with Crippen LogP contribution in [0.5, 0.6) is 0 Å². The number of hydrogen-bond acceptors (Lipinski definition) is 5. The first-order valence-electron chi connectivity index (χ1n) is 7.92. The molecule has 0 aliphatic heterocycles. The number of nitriles is 1. The molecule has 130 valence electrons. The van der Waals surface area contributed by atoms with E-state index < -0.39 is 5.82 Å². The predicted octanol–water partition coefficient (Wildman–Crippen LogP) is 2.49. The highest BCUT2D eigenvalue weighted by Gasteiger charge is 2.14. The molecule has 0 N–H and O–H groups in total. The summed E-state index contributed by atoms with van der Waals surface area (Å²) < 4.78 is 16.5. The van der Waals surface area contributed by atoms with Crippen LogP contribution in [-0.4, -0.2) is 24.5 Å². The minimum absolute atomic E-state index is 0.148. The Labute approximate surface area is 152 Å². The van der Waals surface area contributed by atoms with Gasteiger partial charge < -0.3 is 0 Å². The second-order valence-corrected chi connectivity index (χ2v) is 5.59. The third-order valence-corrected chi connectivity index (χ3v) is 3.87. The van der Waals surface area contributed by atoms with Crippen molar-refractivity contribution in [2.75, 3.05) is 0 Å². The van der Waals surface area contributed by atoms with Crippen LogP contribution in [-0.2, 0) is 0 Å². The van der Waals surface area contributed by atoms with Crippen LogP contribution in [0.3, 0.4) is 0 Å². The molecule has 0 amide bonds. The molecule has 0 aliphatic carbocycles. The highest BCUT2D eigenvalue weighted by molar-refractivity contribution is 5.57. The lowest BCUT2D eigenvalue weighted by Crippen LogP contribution is -2.15. The Morgan fingerprint density at radius 1 is 1.04 bits per heavy atom. The third-order valence-electron chi connectivity index (χ3n) is 3.87. The standard InChI is InChI=1S/C19H11FN6O/c20-13-2-1-3-16(10-13)26-17(5-8-23-26)19-18(27)6-9-25(24-19)15-4-7-22-14(11-15)12-21/h1-11H. The van der Waals surface area contributed by atoms with Gasteiger partial charge in [0, 0.05) is 24.5 Å². The molecule has 4 aromatic rings. The number of rotatable bonds is 3. The molecular formula is C19H11FN6O. The second kappa shape index (κ2) is 6.65. The Morgan fingerprint density at radius 3 is 2.74 bits per heavy atom. The Hall–Kier alpha value is -4.12. The Kier molecular flexibility index (Phi) is 4.03. The maximum atomic E-state index is 13.6. The molecule has 3 heterocycles. The maximum absolute atomic E-state index is 13.6. The van der Waals surface area contributed by atoms with E-state index in [2.05, 4.69) is 15.2 Å². The van der Waals surface area contributed by atoms with Gasteiger partial charge in [-0.15, -0.1) is 0 Å². The van der Waals surface area contributed by atoms with Crippen LogP contribution in [0.15, 0.2) is 71.9 Å². The molecule has 0 spiro atoms. The Morgan fingerprint density at radius 2 is 1.93 bits per heavy atom. The number of hydrogen-bond donors (Lipinski definition) is 0. The average Bonchev–Trinajstić information content (AvgIpc) is 3.18. The topological polar surface area (TPSA) is 89.4 Å². The zero-order valence-electron chi connectivity index (χ0n) is 13.8. The summed E-state index contributed by atoms with van der Waals surface area (Å²) in [6.07, 6.45) is 4.51. The van der Waals surface area contributed by atoms with Gasteiger partial charge in [-0.2, -0.15) is 15.5 Å². The van der Waals surface area contributed by atoms with E-state index in [1.54, 1.807) is 30.3 Å². The molecule has 0 saturated carbocycles. The maximum Gasteiger partial charge on any atom is 0.209 e. The zero-order chi connectivity index (χ0) is 18.8. The summed E-state index contributed by atoms with van der Waals surface area (Å²) in [6.45, 7) is 0. The molecule has 0 bridgehead atoms. The van der Waals surface area contributed by atoms with Gasteiger partial charge in [0.1, 0.15) is 17.6 Å². The van der Waals surface area contributed by atoms with Crippen molar-refractivity contribution in [3.05, 3.63) is 88.9 Å². The Bertz CT molecular complexity index is 1240. The summed E-state index contributed by atoms with van der Waals surface area (Å²) in [5.74, 6) is -0.409. The molecule has 7 nitrogen and oxygen atoms in total. The van der Waals surface area contributed by atoms with Crippen molar-refractivity contribution in [2.45, 2.75) is 0 Å². The van der Waals surface area contributed by atoms with Crippen LogP contribution in [0, 0.1) is 17.1 Å². The van der Waals surface area contributed by atoms with Crippen molar-refractivity contribution in [2.24, 2.45) is 0 Å². The fourth-order valence-electron chi connectivity index (χ4n) is 2.65. The van der Waals surface area contributed by atoms with Crippen molar-refractivity contribution < 1.29 is 4.39 Å². The molecule has 4 rings (SSSR count). The fraction of sp³-hybridized carbons (Fsp3) is 0. The quantitative estimate of drug-likeness (QED) is 0.561. The van der Waals surface area contributed by atoms with Gasteiger partial charge in [-0.25, -0.2) is 18.7 Å². The van der Waals surface area contributed by atoms with Crippen LogP contribution in [0.4, 0.5) is 4.39 Å². The van der Waals surface area contributed by atoms with Crippen molar-refractivity contribution in [1.29, 1.82) is 5.26 Å². The van der Waals surface area contributed by atoms with Gasteiger partial charge in [0.2, 0.25) is 5.43 Å². The minimum atomic E-state index is -0.409. The van der Waals surface area contributed by atoms with Gasteiger partial charge >= 0.3 is 0 Å². The van der Waals surface area contributed by atoms with Crippen molar-refractivity contribution in [1.82, 2.24) is 24.5 Å². The lowest BCUT2D eigenvalue weighted by molar-refractivity contribution is 0.625. The smallest absolute Gasteiger partial charge is 0.209 e. The van der Waals surface area contributed by atoms with E-state index in [1.165, 1.54) is 46.2 Å². The van der Waals surface area contributed by atoms with E-state index in [0.717, 1.165) is 0 Å². The van der Waals surface area contributed by atoms with E-state index >= 15 is 0 Å². The summed E-state index contributed by atoms with van der Waals surface area (Å²) in [6, 6.07) is 14.1. The van der Waals surface area contributed by atoms with Gasteiger partial charge in [-0.1, -0.05) is 6.07 Å². The molecule has 0 radical (unpaired) electrons. The van der Waals surface area contributed by atoms with Gasteiger partial charge in [0.05, 0.1) is 23.3 Å². The highest BCUT2D eigenvalue weighted by atomic mass is 19.1. The van der Waals surface area contributed by atoms with Gasteiger partial charge in [0.15, 0.2) is 5.69 Å². The first-order valence-corrected chi connectivity index (χ1v) is 7.92. The normalized spacial score (nSPS) is 10.5. The van der Waals surface area contributed by atoms with Crippen molar-refractivity contribution >= 4 is 0 Å². The highest BCUT2D eigenvalue weighted by Crippen LogP contribution is 2.19. The molecule has 27 heavy (non-hydrogen) atoms. The molecular weight excluding hydrogens is 347 g/mol. The number of halogens is 1. The average molecular weight is 358 g/mol. The monoisotopic (exact) mass is 358 g/mol. The lowest BCUT2D eigenvalue weighted by atomic mass is 10.2. The van der Waals surface area contributed by atoms with E-state index in [-0.39, 0.29) is 16.8 Å². The van der Waals surface area contributed by atoms with E-state index in [0.29, 0.717) is 17.1 Å². The molecule has 0 unspecified atom stereocenters. The third kappa shape index (κ3) is 3.09. The number of aromatic nitrogens is 5. The van der Waals surface area contributed by atoms with E-state index in [4.69, 9.17) is 5.26 Å². The van der Waals surface area contributed by atoms with Gasteiger partial charge in [-0.05, 0) is 30.3 Å². The minimum Gasteiger partial charge on any atom is -0.287 e. The van der Waals surface area contributed by atoms with Gasteiger partial charge in [0.25, 0.3) is 0 Å². The molecule has 0 aliphatic rings. The summed E-state index contributed by atoms with van der Waals surface area (Å²) in [5, 5.41) is 17.6. The zero-order valence-corrected chi connectivity index (χ0v) is 13.8. The van der Waals surface area contributed by atoms with Crippen LogP contribution in [0.2, 0.25) is 0 Å². The first-order chi connectivity index (χ1) is 13.2. The van der Waals surface area contributed by atoms with Crippen molar-refractivity contribution in [3.63, 3.8) is 0 Å². The molecule has 0 atom stereocenters. The second-order valence-electron chi connectivity index (χ2n) is 5.59. The van der Waals surface area contributed by atoms with Crippen LogP contribution >= 0.6 is 0 Å². The molecule has 0 saturated heterocycles. The fourth-order valence-corrected chi connectivity index (χ4v) is 2.65. The van der Waals surface area contributed by atoms with Crippen LogP contribution < -0.4 is 5.43 Å². The van der Waals surface area contributed by atoms with Crippen LogP contribution in [0.25, 0.3) is 22.8 Å². The Balaban J connectivity index is 1.86. The summed E-state index contributed by atoms with van der Waals surface area (Å²) in [7, 11) is 0. The molecule has 8 heteroatoms. The number of nitrogens with zero attached hydrogens (tertiary/aromatic N) is 6. The lowest BCUT2D eigenvalue weighted by Gasteiger charge is -2.09. The first kappa shape index (κ1) is 16.4.